The zero-order valence-corrected chi connectivity index (χ0v) is 18.4. The molecule has 1 fully saturated rings. The van der Waals surface area contributed by atoms with Crippen molar-refractivity contribution in [2.24, 2.45) is 5.73 Å². The number of hydrogen-bond donors (Lipinski definition) is 7. The number of aromatic nitrogens is 2. The van der Waals surface area contributed by atoms with Gasteiger partial charge in [0.2, 0.25) is 0 Å². The average Bonchev–Trinajstić information content (AvgIpc) is 2.97. The number of aromatic amines is 1. The molecular weight excluding hydrogens is 503 g/mol. The van der Waals surface area contributed by atoms with E-state index in [0.29, 0.717) is 0 Å². The topological polar surface area (TPSA) is 270 Å². The third-order valence-electron chi connectivity index (χ3n) is 3.63. The molecule has 8 N–H and O–H groups in total. The van der Waals surface area contributed by atoms with Gasteiger partial charge in [-0.15, -0.1) is 0 Å². The molecule has 0 amide bonds. The fourth-order valence-electron chi connectivity index (χ4n) is 2.44. The summed E-state index contributed by atoms with van der Waals surface area (Å²) in [6.07, 6.45) is -3.07. The first kappa shape index (κ1) is 26.8. The molecule has 32 heavy (non-hydrogen) atoms. The van der Waals surface area contributed by atoms with Gasteiger partial charge in [-0.3, -0.25) is 18.9 Å². The fourth-order valence-corrected chi connectivity index (χ4v) is 5.47. The van der Waals surface area contributed by atoms with Gasteiger partial charge in [0.1, 0.15) is 17.9 Å². The summed E-state index contributed by atoms with van der Waals surface area (Å²) in [6, 6.07) is 0. The Morgan fingerprint density at radius 1 is 1.19 bits per heavy atom. The summed E-state index contributed by atoms with van der Waals surface area (Å²) in [5.74, 6) is 4.87. The van der Waals surface area contributed by atoms with Crippen molar-refractivity contribution in [1.29, 1.82) is 0 Å². The van der Waals surface area contributed by atoms with Crippen LogP contribution in [0.25, 0.3) is 0 Å². The smallest absolute Gasteiger partial charge is 0.390 e. The highest BCUT2D eigenvalue weighted by molar-refractivity contribution is 7.66. The molecule has 1 aliphatic rings. The quantitative estimate of drug-likeness (QED) is 0.142. The molecule has 0 aliphatic carbocycles. The minimum atomic E-state index is -5.70. The van der Waals surface area contributed by atoms with Crippen molar-refractivity contribution in [3.8, 4) is 11.8 Å². The van der Waals surface area contributed by atoms with Gasteiger partial charge in [0.05, 0.1) is 19.3 Å². The maximum atomic E-state index is 12.1. The van der Waals surface area contributed by atoms with E-state index < -0.39 is 59.8 Å². The van der Waals surface area contributed by atoms with E-state index in [-0.39, 0.29) is 18.5 Å². The largest absolute Gasteiger partial charge is 0.490 e. The summed E-state index contributed by atoms with van der Waals surface area (Å²) in [7, 11) is -16.7. The molecule has 180 valence electrons. The first-order valence-electron chi connectivity index (χ1n) is 8.29. The Labute approximate surface area is 178 Å². The van der Waals surface area contributed by atoms with Crippen molar-refractivity contribution < 1.29 is 56.3 Å². The zero-order chi connectivity index (χ0) is 24.3. The van der Waals surface area contributed by atoms with E-state index in [4.69, 9.17) is 25.2 Å². The number of rotatable bonds is 8. The number of hydrogen-bond acceptors (Lipinski definition) is 11. The van der Waals surface area contributed by atoms with Gasteiger partial charge in [-0.05, 0) is 0 Å². The molecule has 2 heterocycles. The molecule has 0 radical (unpaired) electrons. The zero-order valence-electron chi connectivity index (χ0n) is 15.7. The van der Waals surface area contributed by atoms with Crippen LogP contribution in [0.1, 0.15) is 18.2 Å². The molecule has 2 rings (SSSR count). The maximum absolute atomic E-state index is 12.1. The van der Waals surface area contributed by atoms with Crippen LogP contribution in [-0.4, -0.2) is 59.6 Å². The summed E-state index contributed by atoms with van der Waals surface area (Å²) < 4.78 is 51.4. The van der Waals surface area contributed by atoms with E-state index in [2.05, 4.69) is 25.0 Å². The van der Waals surface area contributed by atoms with Crippen LogP contribution < -0.4 is 17.0 Å². The molecular formula is C12H18N3O14P3. The highest BCUT2D eigenvalue weighted by atomic mass is 31.3. The Hall–Kier alpha value is -1.47. The van der Waals surface area contributed by atoms with Crippen molar-refractivity contribution in [3.63, 3.8) is 0 Å². The van der Waals surface area contributed by atoms with Gasteiger partial charge in [0.15, 0.2) is 0 Å². The number of nitrogens with one attached hydrogen (secondary N) is 1. The van der Waals surface area contributed by atoms with Crippen molar-refractivity contribution in [1.82, 2.24) is 9.55 Å². The van der Waals surface area contributed by atoms with E-state index in [9.17, 15) is 33.3 Å². The Bertz CT molecular complexity index is 1160. The standard InChI is InChI=1S/C12H18N3O14P3/c13-3-1-2-7-5-15(12(18)14-11(7)17)10-4-8(16)9(27-10)6-26-31(22,23)29-32(24,25)28-30(19,20)21/h5,8-10,16H,3-4,6,13H2,(H,22,23)(H,24,25)(H,14,17,18)(H2,19,20,21)/t8-,9?,10-/m1/s1. The van der Waals surface area contributed by atoms with Crippen LogP contribution >= 0.6 is 23.5 Å². The van der Waals surface area contributed by atoms with Crippen LogP contribution in [0.15, 0.2) is 15.8 Å². The number of nitrogens with zero attached hydrogens (tertiary/aromatic N) is 1. The second-order valence-electron chi connectivity index (χ2n) is 6.03. The molecule has 0 bridgehead atoms. The molecule has 1 saturated heterocycles. The number of aliphatic hydroxyl groups is 1. The molecule has 5 atom stereocenters. The summed E-state index contributed by atoms with van der Waals surface area (Å²) in [4.78, 5) is 61.3. The Balaban J connectivity index is 2.09. The lowest BCUT2D eigenvalue weighted by Gasteiger charge is -2.19. The van der Waals surface area contributed by atoms with Gasteiger partial charge < -0.3 is 35.2 Å². The molecule has 0 aromatic carbocycles. The van der Waals surface area contributed by atoms with Gasteiger partial charge >= 0.3 is 29.2 Å². The third-order valence-corrected chi connectivity index (χ3v) is 7.43. The number of nitrogens with two attached hydrogens (primary N) is 1. The fraction of sp³-hybridized carbons (Fsp3) is 0.500. The number of aliphatic hydroxyl groups excluding tert-OH is 1. The van der Waals surface area contributed by atoms with Crippen LogP contribution in [0.4, 0.5) is 0 Å². The minimum Gasteiger partial charge on any atom is -0.390 e. The van der Waals surface area contributed by atoms with Gasteiger partial charge in [-0.25, -0.2) is 18.5 Å². The number of phosphoric acid groups is 3. The number of H-pyrrole nitrogens is 1. The third kappa shape index (κ3) is 7.84. The van der Waals surface area contributed by atoms with Crippen LogP contribution in [0.3, 0.4) is 0 Å². The molecule has 1 aromatic rings. The Morgan fingerprint density at radius 3 is 2.44 bits per heavy atom. The van der Waals surface area contributed by atoms with Crippen molar-refractivity contribution in [2.45, 2.75) is 24.9 Å². The average molecular weight is 521 g/mol. The minimum absolute atomic E-state index is 0.0557. The van der Waals surface area contributed by atoms with Crippen LogP contribution in [0.2, 0.25) is 0 Å². The summed E-state index contributed by atoms with van der Waals surface area (Å²) in [5, 5.41) is 10.1. The number of phosphoric ester groups is 1. The van der Waals surface area contributed by atoms with Gasteiger partial charge in [0, 0.05) is 12.6 Å². The molecule has 1 aliphatic heterocycles. The second-order valence-corrected chi connectivity index (χ2v) is 10.5. The van der Waals surface area contributed by atoms with Crippen LogP contribution in [-0.2, 0) is 31.6 Å². The Morgan fingerprint density at radius 2 is 1.84 bits per heavy atom. The number of ether oxygens (including phenoxy) is 1. The SMILES string of the molecule is NCC#Cc1cn([C@H]2C[C@@H](O)C(COP(=O)(O)OP(=O)(O)OP(=O)(O)O)O2)c(=O)[nH]c1=O. The van der Waals surface area contributed by atoms with Gasteiger partial charge in [0.25, 0.3) is 5.56 Å². The molecule has 3 unspecified atom stereocenters. The monoisotopic (exact) mass is 521 g/mol. The molecule has 0 saturated carbocycles. The van der Waals surface area contributed by atoms with E-state index in [1.807, 2.05) is 4.98 Å². The second kappa shape index (κ2) is 10.2. The van der Waals surface area contributed by atoms with Crippen molar-refractivity contribution in [3.05, 3.63) is 32.6 Å². The van der Waals surface area contributed by atoms with E-state index in [0.717, 1.165) is 10.8 Å². The predicted octanol–water partition coefficient (Wildman–Crippen LogP) is -2.16. The van der Waals surface area contributed by atoms with E-state index in [1.54, 1.807) is 0 Å². The molecule has 20 heteroatoms. The van der Waals surface area contributed by atoms with Crippen LogP contribution in [0, 0.1) is 11.8 Å². The predicted molar refractivity (Wildman–Crippen MR) is 102 cm³/mol. The lowest BCUT2D eigenvalue weighted by Crippen LogP contribution is -2.33. The highest BCUT2D eigenvalue weighted by Crippen LogP contribution is 2.66. The Kier molecular flexibility index (Phi) is 8.54. The molecule has 0 spiro atoms. The van der Waals surface area contributed by atoms with Crippen molar-refractivity contribution in [2.75, 3.05) is 13.2 Å². The lowest BCUT2D eigenvalue weighted by atomic mass is 10.2. The van der Waals surface area contributed by atoms with Crippen molar-refractivity contribution >= 4 is 23.5 Å². The summed E-state index contributed by atoms with van der Waals surface area (Å²) in [5.41, 5.74) is 3.42. The first-order chi connectivity index (χ1) is 14.6. The first-order valence-corrected chi connectivity index (χ1v) is 12.8. The van der Waals surface area contributed by atoms with Gasteiger partial charge in [-0.1, -0.05) is 11.8 Å². The summed E-state index contributed by atoms with van der Waals surface area (Å²) >= 11 is 0. The molecule has 17 nitrogen and oxygen atoms in total. The van der Waals surface area contributed by atoms with Crippen LogP contribution in [0.5, 0.6) is 0 Å². The normalized spacial score (nSPS) is 24.9. The highest BCUT2D eigenvalue weighted by Gasteiger charge is 2.43. The summed E-state index contributed by atoms with van der Waals surface area (Å²) in [6.45, 7) is -0.973. The maximum Gasteiger partial charge on any atom is 0.490 e. The van der Waals surface area contributed by atoms with E-state index in [1.165, 1.54) is 0 Å². The molecule has 1 aromatic heterocycles. The van der Waals surface area contributed by atoms with E-state index >= 15 is 0 Å². The lowest BCUT2D eigenvalue weighted by molar-refractivity contribution is -0.0450. The van der Waals surface area contributed by atoms with Gasteiger partial charge in [-0.2, -0.15) is 8.62 Å².